The predicted octanol–water partition coefficient (Wildman–Crippen LogP) is 2.33. The van der Waals surface area contributed by atoms with Gasteiger partial charge in [-0.2, -0.15) is 0 Å². The van der Waals surface area contributed by atoms with Gasteiger partial charge in [0.15, 0.2) is 0 Å². The molecule has 3 rings (SSSR count). The Bertz CT molecular complexity index is 665. The lowest BCUT2D eigenvalue weighted by molar-refractivity contribution is -0.0156. The first-order valence-corrected chi connectivity index (χ1v) is 7.68. The van der Waals surface area contributed by atoms with Crippen LogP contribution >= 0.6 is 0 Å². The summed E-state index contributed by atoms with van der Waals surface area (Å²) in [4.78, 5) is 10.4. The Morgan fingerprint density at radius 2 is 2.09 bits per heavy atom. The first-order chi connectivity index (χ1) is 11.0. The summed E-state index contributed by atoms with van der Waals surface area (Å²) in [7, 11) is 0. The molecule has 1 aromatic carbocycles. The molecule has 2 aromatic rings. The number of hydrogen-bond acceptors (Lipinski definition) is 5. The molecule has 23 heavy (non-hydrogen) atoms. The number of halogens is 1. The molecule has 2 heterocycles. The lowest BCUT2D eigenvalue weighted by Crippen LogP contribution is -2.52. The number of hydrogen-bond donors (Lipinski definition) is 1. The molecule has 0 amide bonds. The molecule has 0 radical (unpaired) electrons. The van der Waals surface area contributed by atoms with E-state index < -0.39 is 5.60 Å². The van der Waals surface area contributed by atoms with Crippen molar-refractivity contribution in [3.05, 3.63) is 48.2 Å². The third kappa shape index (κ3) is 3.96. The maximum Gasteiger partial charge on any atom is 0.132 e. The molecule has 0 bridgehead atoms. The van der Waals surface area contributed by atoms with Crippen molar-refractivity contribution in [1.29, 1.82) is 0 Å². The van der Waals surface area contributed by atoms with E-state index in [0.717, 1.165) is 24.5 Å². The summed E-state index contributed by atoms with van der Waals surface area (Å²) < 4.78 is 18.5. The molecular weight excluding hydrogens is 297 g/mol. The van der Waals surface area contributed by atoms with Gasteiger partial charge in [0.05, 0.1) is 6.54 Å². The van der Waals surface area contributed by atoms with Gasteiger partial charge in [-0.3, -0.25) is 0 Å². The Kier molecular flexibility index (Phi) is 4.43. The molecule has 1 saturated heterocycles. The molecule has 0 spiro atoms. The second-order valence-electron chi connectivity index (χ2n) is 6.01. The topological polar surface area (TPSA) is 58.5 Å². The number of nitrogens with zero attached hydrogens (tertiary/aromatic N) is 3. The Hall–Kier alpha value is -2.21. The zero-order chi connectivity index (χ0) is 16.3. The van der Waals surface area contributed by atoms with Crippen molar-refractivity contribution in [2.24, 2.45) is 0 Å². The average Bonchev–Trinajstić information content (AvgIpc) is 2.54. The number of aromatic nitrogens is 2. The Morgan fingerprint density at radius 1 is 1.30 bits per heavy atom. The standard InChI is InChI=1S/C17H20FN3O2/c1-13-9-16(20-12-19-13)21-8-2-7-17(22,10-21)11-23-15-5-3-14(18)4-6-15/h3-6,9,12,22H,2,7-8,10-11H2,1H3. The molecule has 1 aromatic heterocycles. The van der Waals surface area contributed by atoms with E-state index in [9.17, 15) is 9.50 Å². The highest BCUT2D eigenvalue weighted by Gasteiger charge is 2.34. The van der Waals surface area contributed by atoms with Crippen LogP contribution in [0, 0.1) is 12.7 Å². The van der Waals surface area contributed by atoms with Crippen LogP contribution in [0.3, 0.4) is 0 Å². The van der Waals surface area contributed by atoms with E-state index in [1.54, 1.807) is 12.1 Å². The smallest absolute Gasteiger partial charge is 0.132 e. The third-order valence-electron chi connectivity index (χ3n) is 3.99. The summed E-state index contributed by atoms with van der Waals surface area (Å²) in [6.07, 6.45) is 3.05. The number of aliphatic hydroxyl groups is 1. The largest absolute Gasteiger partial charge is 0.491 e. The van der Waals surface area contributed by atoms with Crippen LogP contribution in [0.25, 0.3) is 0 Å². The molecule has 6 heteroatoms. The highest BCUT2D eigenvalue weighted by atomic mass is 19.1. The second kappa shape index (κ2) is 6.50. The van der Waals surface area contributed by atoms with Crippen LogP contribution in [0.15, 0.2) is 36.7 Å². The fourth-order valence-electron chi connectivity index (χ4n) is 2.79. The Labute approximate surface area is 134 Å². The minimum absolute atomic E-state index is 0.166. The number of benzene rings is 1. The van der Waals surface area contributed by atoms with Crippen LogP contribution in [0.2, 0.25) is 0 Å². The van der Waals surface area contributed by atoms with Crippen molar-refractivity contribution >= 4 is 5.82 Å². The maximum absolute atomic E-state index is 12.9. The highest BCUT2D eigenvalue weighted by molar-refractivity contribution is 5.40. The summed E-state index contributed by atoms with van der Waals surface area (Å²) in [5.74, 6) is 1.06. The molecular formula is C17H20FN3O2. The number of piperidine rings is 1. The Morgan fingerprint density at radius 3 is 2.83 bits per heavy atom. The zero-order valence-electron chi connectivity index (χ0n) is 13.1. The van der Waals surface area contributed by atoms with Crippen LogP contribution in [-0.4, -0.2) is 40.4 Å². The van der Waals surface area contributed by atoms with E-state index >= 15 is 0 Å². The van der Waals surface area contributed by atoms with E-state index in [1.807, 2.05) is 17.9 Å². The maximum atomic E-state index is 12.9. The minimum atomic E-state index is -0.953. The van der Waals surface area contributed by atoms with Gasteiger partial charge in [-0.05, 0) is 44.0 Å². The van der Waals surface area contributed by atoms with Crippen LogP contribution in [-0.2, 0) is 0 Å². The monoisotopic (exact) mass is 317 g/mol. The lowest BCUT2D eigenvalue weighted by Gasteiger charge is -2.39. The number of aryl methyl sites for hydroxylation is 1. The van der Waals surface area contributed by atoms with Crippen molar-refractivity contribution in [2.75, 3.05) is 24.6 Å². The van der Waals surface area contributed by atoms with Crippen LogP contribution in [0.1, 0.15) is 18.5 Å². The van der Waals surface area contributed by atoms with E-state index in [2.05, 4.69) is 9.97 Å². The predicted molar refractivity (Wildman–Crippen MR) is 85.1 cm³/mol. The molecule has 1 aliphatic heterocycles. The van der Waals surface area contributed by atoms with Gasteiger partial charge in [-0.15, -0.1) is 0 Å². The summed E-state index contributed by atoms with van der Waals surface area (Å²) in [5.41, 5.74) is -0.0578. The van der Waals surface area contributed by atoms with Crippen LogP contribution < -0.4 is 9.64 Å². The van der Waals surface area contributed by atoms with Crippen molar-refractivity contribution in [3.63, 3.8) is 0 Å². The summed E-state index contributed by atoms with van der Waals surface area (Å²) in [6, 6.07) is 7.72. The third-order valence-corrected chi connectivity index (χ3v) is 3.99. The first kappa shape index (κ1) is 15.7. The van der Waals surface area contributed by atoms with E-state index in [4.69, 9.17) is 4.74 Å². The molecule has 5 nitrogen and oxygen atoms in total. The van der Waals surface area contributed by atoms with Gasteiger partial charge in [0.25, 0.3) is 0 Å². The summed E-state index contributed by atoms with van der Waals surface area (Å²) in [6.45, 7) is 3.37. The number of ether oxygens (including phenoxy) is 1. The van der Waals surface area contributed by atoms with Crippen molar-refractivity contribution in [3.8, 4) is 5.75 Å². The van der Waals surface area contributed by atoms with Gasteiger partial charge in [-0.25, -0.2) is 14.4 Å². The van der Waals surface area contributed by atoms with E-state index in [-0.39, 0.29) is 12.4 Å². The fourth-order valence-corrected chi connectivity index (χ4v) is 2.79. The van der Waals surface area contributed by atoms with Gasteiger partial charge >= 0.3 is 0 Å². The fraction of sp³-hybridized carbons (Fsp3) is 0.412. The first-order valence-electron chi connectivity index (χ1n) is 7.68. The zero-order valence-corrected chi connectivity index (χ0v) is 13.1. The van der Waals surface area contributed by atoms with Crippen LogP contribution in [0.4, 0.5) is 10.2 Å². The minimum Gasteiger partial charge on any atom is -0.491 e. The molecule has 1 N–H and O–H groups in total. The molecule has 1 fully saturated rings. The van der Waals surface area contributed by atoms with Gasteiger partial charge < -0.3 is 14.7 Å². The van der Waals surface area contributed by atoms with Crippen molar-refractivity contribution in [1.82, 2.24) is 9.97 Å². The Balaban J connectivity index is 1.65. The number of anilines is 1. The average molecular weight is 317 g/mol. The molecule has 1 unspecified atom stereocenters. The van der Waals surface area contributed by atoms with Gasteiger partial charge in [0.1, 0.15) is 35.9 Å². The summed E-state index contributed by atoms with van der Waals surface area (Å²) >= 11 is 0. The summed E-state index contributed by atoms with van der Waals surface area (Å²) in [5, 5.41) is 10.8. The lowest BCUT2D eigenvalue weighted by atomic mass is 9.93. The van der Waals surface area contributed by atoms with Crippen molar-refractivity contribution in [2.45, 2.75) is 25.4 Å². The van der Waals surface area contributed by atoms with Crippen molar-refractivity contribution < 1.29 is 14.2 Å². The van der Waals surface area contributed by atoms with Crippen LogP contribution in [0.5, 0.6) is 5.75 Å². The van der Waals surface area contributed by atoms with Gasteiger partial charge in [-0.1, -0.05) is 0 Å². The SMILES string of the molecule is Cc1cc(N2CCCC(O)(COc3ccc(F)cc3)C2)ncn1. The highest BCUT2D eigenvalue weighted by Crippen LogP contribution is 2.26. The van der Waals surface area contributed by atoms with E-state index in [1.165, 1.54) is 18.5 Å². The molecule has 0 saturated carbocycles. The molecule has 1 aliphatic rings. The normalized spacial score (nSPS) is 21.3. The van der Waals surface area contributed by atoms with E-state index in [0.29, 0.717) is 18.7 Å². The van der Waals surface area contributed by atoms with Gasteiger partial charge in [0.2, 0.25) is 0 Å². The molecule has 1 atom stereocenters. The quantitative estimate of drug-likeness (QED) is 0.938. The van der Waals surface area contributed by atoms with Gasteiger partial charge in [0, 0.05) is 18.3 Å². The second-order valence-corrected chi connectivity index (χ2v) is 6.01. The number of β-amino-alcohol motifs (C(OH)–C–C–N with tert-alkyl or cyclic N) is 1. The number of rotatable bonds is 4. The molecule has 122 valence electrons. The molecule has 0 aliphatic carbocycles.